The smallest absolute Gasteiger partial charge is 0.317 e. The van der Waals surface area contributed by atoms with Crippen LogP contribution in [0.2, 0.25) is 0 Å². The van der Waals surface area contributed by atoms with E-state index in [2.05, 4.69) is 10.0 Å². The number of piperidine rings is 1. The van der Waals surface area contributed by atoms with Crippen LogP contribution in [0.5, 0.6) is 0 Å². The van der Waals surface area contributed by atoms with Crippen molar-refractivity contribution in [1.82, 2.24) is 14.3 Å². The van der Waals surface area contributed by atoms with Crippen molar-refractivity contribution < 1.29 is 21.6 Å². The van der Waals surface area contributed by atoms with Gasteiger partial charge >= 0.3 is 6.18 Å². The molecule has 0 bridgehead atoms. The second kappa shape index (κ2) is 8.30. The van der Waals surface area contributed by atoms with Crippen LogP contribution in [0.25, 0.3) is 0 Å². The predicted octanol–water partition coefficient (Wildman–Crippen LogP) is 1.48. The zero-order valence-electron chi connectivity index (χ0n) is 12.2. The number of nitrogens with zero attached hydrogens (tertiary/aromatic N) is 1. The molecule has 0 saturated carbocycles. The van der Waals surface area contributed by atoms with E-state index in [1.165, 1.54) is 4.31 Å². The van der Waals surface area contributed by atoms with Crippen LogP contribution < -0.4 is 10.0 Å². The molecule has 1 aliphatic rings. The maximum Gasteiger partial charge on any atom is 0.389 e. The van der Waals surface area contributed by atoms with Gasteiger partial charge in [0.25, 0.3) is 10.2 Å². The first kappa shape index (κ1) is 18.7. The van der Waals surface area contributed by atoms with Crippen molar-refractivity contribution >= 4 is 10.2 Å². The third kappa shape index (κ3) is 7.44. The van der Waals surface area contributed by atoms with Crippen molar-refractivity contribution in [1.29, 1.82) is 0 Å². The zero-order chi connectivity index (χ0) is 15.9. The largest absolute Gasteiger partial charge is 0.389 e. The number of nitrogens with one attached hydrogen (secondary N) is 2. The molecule has 9 heteroatoms. The molecular formula is C12H24F3N3O2S. The fraction of sp³-hybridized carbons (Fsp3) is 1.00. The van der Waals surface area contributed by atoms with E-state index in [1.807, 2.05) is 6.92 Å². The highest BCUT2D eigenvalue weighted by molar-refractivity contribution is 7.87. The lowest BCUT2D eigenvalue weighted by molar-refractivity contribution is -0.135. The van der Waals surface area contributed by atoms with E-state index in [0.29, 0.717) is 19.0 Å². The topological polar surface area (TPSA) is 61.4 Å². The highest BCUT2D eigenvalue weighted by Gasteiger charge is 2.29. The van der Waals surface area contributed by atoms with E-state index >= 15 is 0 Å². The normalized spacial score (nSPS) is 19.0. The van der Waals surface area contributed by atoms with Crippen molar-refractivity contribution in [2.45, 2.75) is 38.8 Å². The zero-order valence-corrected chi connectivity index (χ0v) is 13.1. The van der Waals surface area contributed by atoms with E-state index in [9.17, 15) is 21.6 Å². The van der Waals surface area contributed by atoms with Crippen LogP contribution in [0.15, 0.2) is 0 Å². The molecule has 0 aromatic carbocycles. The third-order valence-electron chi connectivity index (χ3n) is 3.52. The summed E-state index contributed by atoms with van der Waals surface area (Å²) < 4.78 is 63.4. The Hall–Kier alpha value is -0.380. The van der Waals surface area contributed by atoms with Gasteiger partial charge in [0.05, 0.1) is 0 Å². The fourth-order valence-electron chi connectivity index (χ4n) is 2.28. The summed E-state index contributed by atoms with van der Waals surface area (Å²) in [5.41, 5.74) is 0. The molecule has 0 radical (unpaired) electrons. The maximum absolute atomic E-state index is 12.0. The standard InChI is InChI=1S/C12H24F3N3O2S/c1-2-16-10-11-4-8-18(9-5-11)21(19,20)17-7-3-6-12(13,14)15/h11,16-17H,2-10H2,1H3. The number of hydrogen-bond acceptors (Lipinski definition) is 3. The molecule has 1 aliphatic heterocycles. The molecule has 0 aromatic heterocycles. The van der Waals surface area contributed by atoms with Crippen molar-refractivity contribution in [3.63, 3.8) is 0 Å². The molecule has 1 fully saturated rings. The minimum Gasteiger partial charge on any atom is -0.317 e. The number of rotatable bonds is 8. The molecule has 5 nitrogen and oxygen atoms in total. The molecule has 0 atom stereocenters. The lowest BCUT2D eigenvalue weighted by atomic mass is 9.98. The van der Waals surface area contributed by atoms with Crippen LogP contribution in [0.3, 0.4) is 0 Å². The monoisotopic (exact) mass is 331 g/mol. The molecule has 0 amide bonds. The first-order valence-corrected chi connectivity index (χ1v) is 8.71. The Balaban J connectivity index is 2.29. The van der Waals surface area contributed by atoms with Gasteiger partial charge in [0.2, 0.25) is 0 Å². The van der Waals surface area contributed by atoms with Crippen LogP contribution in [0, 0.1) is 5.92 Å². The second-order valence-corrected chi connectivity index (χ2v) is 7.02. The number of halogens is 3. The van der Waals surface area contributed by atoms with Crippen LogP contribution in [0.1, 0.15) is 32.6 Å². The maximum atomic E-state index is 12.0. The summed E-state index contributed by atoms with van der Waals surface area (Å²) in [6.45, 7) is 4.45. The molecule has 0 aromatic rings. The molecule has 0 aliphatic carbocycles. The van der Waals surface area contributed by atoms with E-state index in [0.717, 1.165) is 25.9 Å². The Bertz CT molecular complexity index is 393. The molecule has 1 heterocycles. The quantitative estimate of drug-likeness (QED) is 0.663. The molecule has 0 spiro atoms. The van der Waals surface area contributed by atoms with Gasteiger partial charge in [-0.3, -0.25) is 0 Å². The minimum absolute atomic E-state index is 0.181. The Morgan fingerprint density at radius 1 is 1.24 bits per heavy atom. The highest BCUT2D eigenvalue weighted by Crippen LogP contribution is 2.21. The Morgan fingerprint density at radius 3 is 2.38 bits per heavy atom. The minimum atomic E-state index is -4.24. The first-order valence-electron chi connectivity index (χ1n) is 7.27. The summed E-state index contributed by atoms with van der Waals surface area (Å²) in [5.74, 6) is 0.460. The van der Waals surface area contributed by atoms with Gasteiger partial charge in [-0.15, -0.1) is 0 Å². The van der Waals surface area contributed by atoms with Gasteiger partial charge in [-0.25, -0.2) is 4.72 Å². The van der Waals surface area contributed by atoms with Gasteiger partial charge in [0, 0.05) is 26.1 Å². The molecule has 126 valence electrons. The van der Waals surface area contributed by atoms with Crippen molar-refractivity contribution in [2.75, 3.05) is 32.7 Å². The van der Waals surface area contributed by atoms with Gasteiger partial charge in [0.15, 0.2) is 0 Å². The Labute approximate surface area is 124 Å². The molecular weight excluding hydrogens is 307 g/mol. The second-order valence-electron chi connectivity index (χ2n) is 5.27. The van der Waals surface area contributed by atoms with Crippen molar-refractivity contribution in [3.05, 3.63) is 0 Å². The van der Waals surface area contributed by atoms with E-state index in [1.54, 1.807) is 0 Å². The summed E-state index contributed by atoms with van der Waals surface area (Å²) in [6, 6.07) is 0. The van der Waals surface area contributed by atoms with Crippen LogP contribution in [0.4, 0.5) is 13.2 Å². The van der Waals surface area contributed by atoms with Gasteiger partial charge in [0.1, 0.15) is 0 Å². The SMILES string of the molecule is CCNCC1CCN(S(=O)(=O)NCCCC(F)(F)F)CC1. The summed E-state index contributed by atoms with van der Waals surface area (Å²) in [5, 5.41) is 3.24. The molecule has 1 saturated heterocycles. The van der Waals surface area contributed by atoms with Crippen molar-refractivity contribution in [2.24, 2.45) is 5.92 Å². The molecule has 1 rings (SSSR count). The van der Waals surface area contributed by atoms with E-state index in [-0.39, 0.29) is 13.0 Å². The van der Waals surface area contributed by atoms with Gasteiger partial charge < -0.3 is 5.32 Å². The van der Waals surface area contributed by atoms with Crippen LogP contribution in [-0.2, 0) is 10.2 Å². The lowest BCUT2D eigenvalue weighted by Crippen LogP contribution is -2.46. The molecule has 0 unspecified atom stereocenters. The summed E-state index contributed by atoms with van der Waals surface area (Å²) in [4.78, 5) is 0. The Kier molecular flexibility index (Phi) is 7.38. The first-order chi connectivity index (χ1) is 9.74. The van der Waals surface area contributed by atoms with Crippen LogP contribution in [-0.4, -0.2) is 51.6 Å². The average Bonchev–Trinajstić information content (AvgIpc) is 2.41. The number of hydrogen-bond donors (Lipinski definition) is 2. The lowest BCUT2D eigenvalue weighted by Gasteiger charge is -2.31. The van der Waals surface area contributed by atoms with Crippen LogP contribution >= 0.6 is 0 Å². The van der Waals surface area contributed by atoms with Crippen molar-refractivity contribution in [3.8, 4) is 0 Å². The number of alkyl halides is 3. The average molecular weight is 331 g/mol. The van der Waals surface area contributed by atoms with Gasteiger partial charge in [-0.05, 0) is 38.3 Å². The molecule has 21 heavy (non-hydrogen) atoms. The van der Waals surface area contributed by atoms with E-state index < -0.39 is 22.8 Å². The molecule has 2 N–H and O–H groups in total. The highest BCUT2D eigenvalue weighted by atomic mass is 32.2. The summed E-state index contributed by atoms with van der Waals surface area (Å²) >= 11 is 0. The predicted molar refractivity (Wildman–Crippen MR) is 75.1 cm³/mol. The fourth-order valence-corrected chi connectivity index (χ4v) is 3.56. The third-order valence-corrected chi connectivity index (χ3v) is 5.13. The summed E-state index contributed by atoms with van der Waals surface area (Å²) in [6.07, 6.45) is -3.90. The Morgan fingerprint density at radius 2 is 1.86 bits per heavy atom. The summed E-state index contributed by atoms with van der Waals surface area (Å²) in [7, 11) is -3.65. The van der Waals surface area contributed by atoms with Gasteiger partial charge in [-0.2, -0.15) is 25.9 Å². The van der Waals surface area contributed by atoms with Gasteiger partial charge in [-0.1, -0.05) is 6.92 Å². The van der Waals surface area contributed by atoms with E-state index in [4.69, 9.17) is 0 Å².